The number of methoxy groups -OCH3 is 1. The molecular formula is C26H23NO4. The first-order chi connectivity index (χ1) is 15.0. The fraction of sp³-hybridized carbons (Fsp3) is 0.154. The quantitative estimate of drug-likeness (QED) is 0.376. The van der Waals surface area contributed by atoms with Crippen LogP contribution in [0.2, 0.25) is 0 Å². The molecule has 4 rings (SSSR count). The van der Waals surface area contributed by atoms with Gasteiger partial charge in [0.05, 0.1) is 18.7 Å². The van der Waals surface area contributed by atoms with Crippen LogP contribution in [0, 0.1) is 6.92 Å². The Labute approximate surface area is 181 Å². The van der Waals surface area contributed by atoms with Crippen molar-refractivity contribution in [3.05, 3.63) is 107 Å². The Kier molecular flexibility index (Phi) is 5.58. The highest BCUT2D eigenvalue weighted by atomic mass is 16.5. The van der Waals surface area contributed by atoms with E-state index in [4.69, 9.17) is 4.74 Å². The maximum Gasteiger partial charge on any atom is 0.295 e. The van der Waals surface area contributed by atoms with Crippen LogP contribution in [0.25, 0.3) is 5.76 Å². The molecule has 0 bridgehead atoms. The van der Waals surface area contributed by atoms with Gasteiger partial charge in [-0.2, -0.15) is 0 Å². The molecule has 1 fully saturated rings. The second-order valence-electron chi connectivity index (χ2n) is 7.56. The minimum Gasteiger partial charge on any atom is -0.507 e. The SMILES string of the molecule is COc1cccc(CN2C(=O)C(=O)/C(=C(\O)c3ccccc3)C2c2cccc(C)c2)c1. The summed E-state index contributed by atoms with van der Waals surface area (Å²) >= 11 is 0. The standard InChI is InChI=1S/C26H23NO4/c1-17-8-6-12-20(14-17)23-22(24(28)19-10-4-3-5-11-19)25(29)26(30)27(23)16-18-9-7-13-21(15-18)31-2/h3-15,23,28H,16H2,1-2H3/b24-22-. The van der Waals surface area contributed by atoms with Gasteiger partial charge in [0.1, 0.15) is 11.5 Å². The summed E-state index contributed by atoms with van der Waals surface area (Å²) in [5, 5.41) is 11.0. The van der Waals surface area contributed by atoms with Crippen molar-refractivity contribution >= 4 is 17.4 Å². The smallest absolute Gasteiger partial charge is 0.295 e. The van der Waals surface area contributed by atoms with Gasteiger partial charge in [0.15, 0.2) is 0 Å². The van der Waals surface area contributed by atoms with Crippen molar-refractivity contribution in [2.24, 2.45) is 0 Å². The number of ketones is 1. The molecule has 0 aliphatic carbocycles. The first kappa shape index (κ1) is 20.4. The van der Waals surface area contributed by atoms with Crippen LogP contribution in [0.5, 0.6) is 5.75 Å². The summed E-state index contributed by atoms with van der Waals surface area (Å²) in [5.74, 6) is -0.813. The Bertz CT molecular complexity index is 1170. The van der Waals surface area contributed by atoms with Crippen LogP contribution in [0.3, 0.4) is 0 Å². The monoisotopic (exact) mass is 413 g/mol. The van der Waals surface area contributed by atoms with Gasteiger partial charge in [0, 0.05) is 12.1 Å². The molecule has 1 aliphatic heterocycles. The minimum absolute atomic E-state index is 0.102. The Hall–Kier alpha value is -3.86. The number of likely N-dealkylation sites (tertiary alicyclic amines) is 1. The summed E-state index contributed by atoms with van der Waals surface area (Å²) in [5.41, 5.74) is 3.21. The molecule has 1 saturated heterocycles. The summed E-state index contributed by atoms with van der Waals surface area (Å²) in [6.07, 6.45) is 0. The lowest BCUT2D eigenvalue weighted by Crippen LogP contribution is -2.29. The van der Waals surface area contributed by atoms with E-state index in [2.05, 4.69) is 0 Å². The molecule has 5 nitrogen and oxygen atoms in total. The fourth-order valence-corrected chi connectivity index (χ4v) is 3.95. The van der Waals surface area contributed by atoms with Crippen LogP contribution in [-0.2, 0) is 16.1 Å². The molecule has 1 unspecified atom stereocenters. The van der Waals surface area contributed by atoms with Gasteiger partial charge in [0.25, 0.3) is 11.7 Å². The van der Waals surface area contributed by atoms with Crippen molar-refractivity contribution in [1.82, 2.24) is 4.90 Å². The zero-order valence-corrected chi connectivity index (χ0v) is 17.4. The number of hydrogen-bond donors (Lipinski definition) is 1. The molecule has 5 heteroatoms. The molecule has 0 saturated carbocycles. The number of aliphatic hydroxyl groups is 1. The van der Waals surface area contributed by atoms with E-state index < -0.39 is 17.7 Å². The zero-order chi connectivity index (χ0) is 22.0. The fourth-order valence-electron chi connectivity index (χ4n) is 3.95. The van der Waals surface area contributed by atoms with Crippen LogP contribution in [0.1, 0.15) is 28.3 Å². The van der Waals surface area contributed by atoms with E-state index in [0.29, 0.717) is 11.3 Å². The second-order valence-corrected chi connectivity index (χ2v) is 7.56. The van der Waals surface area contributed by atoms with Gasteiger partial charge in [-0.1, -0.05) is 72.3 Å². The van der Waals surface area contributed by atoms with Crippen molar-refractivity contribution in [2.75, 3.05) is 7.11 Å². The van der Waals surface area contributed by atoms with Crippen molar-refractivity contribution < 1.29 is 19.4 Å². The van der Waals surface area contributed by atoms with E-state index in [-0.39, 0.29) is 17.9 Å². The van der Waals surface area contributed by atoms with E-state index in [0.717, 1.165) is 16.7 Å². The number of rotatable bonds is 5. The van der Waals surface area contributed by atoms with E-state index in [1.54, 1.807) is 31.4 Å². The summed E-state index contributed by atoms with van der Waals surface area (Å²) in [7, 11) is 1.58. The predicted molar refractivity (Wildman–Crippen MR) is 118 cm³/mol. The number of aryl methyl sites for hydroxylation is 1. The van der Waals surface area contributed by atoms with Crippen LogP contribution in [0.15, 0.2) is 84.4 Å². The average molecular weight is 413 g/mol. The molecule has 1 atom stereocenters. The molecule has 0 spiro atoms. The van der Waals surface area contributed by atoms with Crippen LogP contribution >= 0.6 is 0 Å². The van der Waals surface area contributed by atoms with Gasteiger partial charge >= 0.3 is 0 Å². The highest BCUT2D eigenvalue weighted by molar-refractivity contribution is 6.46. The maximum atomic E-state index is 13.1. The maximum absolute atomic E-state index is 13.1. The molecule has 1 heterocycles. The van der Waals surface area contributed by atoms with E-state index in [9.17, 15) is 14.7 Å². The number of carbonyl (C=O) groups is 2. The summed E-state index contributed by atoms with van der Waals surface area (Å²) in [6, 6.07) is 23.2. The van der Waals surface area contributed by atoms with Crippen molar-refractivity contribution in [3.8, 4) is 5.75 Å². The first-order valence-corrected chi connectivity index (χ1v) is 10.0. The topological polar surface area (TPSA) is 66.8 Å². The van der Waals surface area contributed by atoms with Gasteiger partial charge in [-0.15, -0.1) is 0 Å². The highest BCUT2D eigenvalue weighted by Crippen LogP contribution is 2.40. The van der Waals surface area contributed by atoms with Crippen LogP contribution in [0.4, 0.5) is 0 Å². The van der Waals surface area contributed by atoms with Gasteiger partial charge < -0.3 is 14.7 Å². The van der Waals surface area contributed by atoms with Crippen molar-refractivity contribution in [3.63, 3.8) is 0 Å². The molecule has 3 aromatic carbocycles. The Balaban J connectivity index is 1.85. The van der Waals surface area contributed by atoms with Crippen molar-refractivity contribution in [2.45, 2.75) is 19.5 Å². The number of aliphatic hydroxyl groups excluding tert-OH is 1. The molecular weight excluding hydrogens is 390 g/mol. The number of benzene rings is 3. The molecule has 1 amide bonds. The van der Waals surface area contributed by atoms with Gasteiger partial charge in [-0.25, -0.2) is 0 Å². The van der Waals surface area contributed by atoms with E-state index in [1.165, 1.54) is 4.90 Å². The van der Waals surface area contributed by atoms with Gasteiger partial charge in [0.2, 0.25) is 0 Å². The number of ether oxygens (including phenoxy) is 1. The lowest BCUT2D eigenvalue weighted by molar-refractivity contribution is -0.140. The Morgan fingerprint density at radius 3 is 2.42 bits per heavy atom. The average Bonchev–Trinajstić information content (AvgIpc) is 3.04. The lowest BCUT2D eigenvalue weighted by Gasteiger charge is -2.26. The first-order valence-electron chi connectivity index (χ1n) is 10.0. The second kappa shape index (κ2) is 8.48. The number of hydrogen-bond acceptors (Lipinski definition) is 4. The minimum atomic E-state index is -0.689. The number of nitrogens with zero attached hydrogens (tertiary/aromatic N) is 1. The molecule has 1 N–H and O–H groups in total. The predicted octanol–water partition coefficient (Wildman–Crippen LogP) is 4.63. The molecule has 156 valence electrons. The Morgan fingerprint density at radius 2 is 1.71 bits per heavy atom. The van der Waals surface area contributed by atoms with Gasteiger partial charge in [-0.3, -0.25) is 9.59 Å². The summed E-state index contributed by atoms with van der Waals surface area (Å²) < 4.78 is 5.29. The van der Waals surface area contributed by atoms with Crippen LogP contribution in [-0.4, -0.2) is 28.8 Å². The summed E-state index contributed by atoms with van der Waals surface area (Å²) in [4.78, 5) is 27.7. The number of carbonyl (C=O) groups excluding carboxylic acids is 2. The highest BCUT2D eigenvalue weighted by Gasteiger charge is 2.46. The molecule has 0 radical (unpaired) electrons. The van der Waals surface area contributed by atoms with E-state index in [1.807, 2.05) is 61.5 Å². The summed E-state index contributed by atoms with van der Waals surface area (Å²) in [6.45, 7) is 2.17. The lowest BCUT2D eigenvalue weighted by atomic mass is 9.94. The van der Waals surface area contributed by atoms with Crippen LogP contribution < -0.4 is 4.74 Å². The third-order valence-electron chi connectivity index (χ3n) is 5.43. The third-order valence-corrected chi connectivity index (χ3v) is 5.43. The molecule has 3 aromatic rings. The van der Waals surface area contributed by atoms with Crippen molar-refractivity contribution in [1.29, 1.82) is 0 Å². The third kappa shape index (κ3) is 3.94. The molecule has 31 heavy (non-hydrogen) atoms. The number of Topliss-reactive ketones (excluding diaryl/α,β-unsaturated/α-hetero) is 1. The van der Waals surface area contributed by atoms with E-state index >= 15 is 0 Å². The Morgan fingerprint density at radius 1 is 0.968 bits per heavy atom. The molecule has 0 aromatic heterocycles. The van der Waals surface area contributed by atoms with Gasteiger partial charge in [-0.05, 0) is 30.2 Å². The zero-order valence-electron chi connectivity index (χ0n) is 17.4. The normalized spacial score (nSPS) is 17.7. The largest absolute Gasteiger partial charge is 0.507 e. The number of amides is 1. The molecule has 1 aliphatic rings.